The Morgan fingerprint density at radius 2 is 1.75 bits per heavy atom. The first-order valence-corrected chi connectivity index (χ1v) is 9.67. The zero-order chi connectivity index (χ0) is 17.5. The van der Waals surface area contributed by atoms with E-state index in [0.29, 0.717) is 10.6 Å². The molecule has 0 spiro atoms. The molecule has 8 heteroatoms. The second kappa shape index (κ2) is 5.80. The molecule has 2 N–H and O–H groups in total. The van der Waals surface area contributed by atoms with Crippen LogP contribution in [0.25, 0.3) is 16.3 Å². The maximum Gasteiger partial charge on any atom is 0.247 e. The van der Waals surface area contributed by atoms with Gasteiger partial charge in [-0.1, -0.05) is 38.1 Å². The molecule has 0 bridgehead atoms. The molecule has 0 saturated heterocycles. The summed E-state index contributed by atoms with van der Waals surface area (Å²) in [7, 11) is -3.69. The number of sulfonamides is 1. The molecular weight excluding hydrogens is 344 g/mol. The normalized spacial score (nSPS) is 12.5. The van der Waals surface area contributed by atoms with E-state index in [4.69, 9.17) is 5.14 Å². The minimum atomic E-state index is -3.69. The van der Waals surface area contributed by atoms with Gasteiger partial charge in [-0.2, -0.15) is 0 Å². The predicted molar refractivity (Wildman–Crippen MR) is 94.7 cm³/mol. The Labute approximate surface area is 145 Å². The van der Waals surface area contributed by atoms with Crippen molar-refractivity contribution in [1.82, 2.24) is 15.0 Å². The van der Waals surface area contributed by atoms with E-state index in [1.54, 1.807) is 16.9 Å². The second-order valence-electron chi connectivity index (χ2n) is 6.51. The number of thiophene rings is 1. The van der Waals surface area contributed by atoms with Crippen LogP contribution in [0.1, 0.15) is 26.3 Å². The van der Waals surface area contributed by atoms with Gasteiger partial charge in [0, 0.05) is 0 Å². The largest absolute Gasteiger partial charge is 0.247 e. The lowest BCUT2D eigenvalue weighted by Crippen LogP contribution is -2.10. The van der Waals surface area contributed by atoms with E-state index < -0.39 is 10.0 Å². The third-order valence-electron chi connectivity index (χ3n) is 3.61. The average Bonchev–Trinajstić information content (AvgIpc) is 3.15. The lowest BCUT2D eigenvalue weighted by Gasteiger charge is -2.18. The quantitative estimate of drug-likeness (QED) is 0.775. The van der Waals surface area contributed by atoms with Crippen molar-refractivity contribution in [3.63, 3.8) is 0 Å². The van der Waals surface area contributed by atoms with E-state index in [9.17, 15) is 8.42 Å². The summed E-state index contributed by atoms with van der Waals surface area (Å²) in [5, 5.41) is 13.4. The molecule has 1 aromatic carbocycles. The summed E-state index contributed by atoms with van der Waals surface area (Å²) in [6.07, 6.45) is 1.77. The van der Waals surface area contributed by atoms with Crippen molar-refractivity contribution in [2.45, 2.75) is 30.4 Å². The molecule has 0 aliphatic heterocycles. The van der Waals surface area contributed by atoms with Gasteiger partial charge < -0.3 is 0 Å². The Balaban J connectivity index is 1.89. The van der Waals surface area contributed by atoms with E-state index in [2.05, 4.69) is 43.2 Å². The Morgan fingerprint density at radius 1 is 1.08 bits per heavy atom. The average molecular weight is 362 g/mol. The molecule has 2 heterocycles. The predicted octanol–water partition coefficient (Wildman–Crippen LogP) is 2.94. The summed E-state index contributed by atoms with van der Waals surface area (Å²) in [5.74, 6) is 0. The summed E-state index contributed by atoms with van der Waals surface area (Å²) < 4.78 is 24.5. The van der Waals surface area contributed by atoms with Crippen LogP contribution in [0.3, 0.4) is 0 Å². The molecule has 3 rings (SSSR count). The molecule has 0 aliphatic carbocycles. The van der Waals surface area contributed by atoms with Crippen molar-refractivity contribution in [2.24, 2.45) is 5.14 Å². The molecule has 24 heavy (non-hydrogen) atoms. The maximum atomic E-state index is 11.4. The third kappa shape index (κ3) is 3.40. The fourth-order valence-corrected chi connectivity index (χ4v) is 3.91. The summed E-state index contributed by atoms with van der Waals surface area (Å²) in [6, 6.07) is 11.3. The third-order valence-corrected chi connectivity index (χ3v) is 6.15. The number of aromatic nitrogens is 3. The first-order valence-electron chi connectivity index (χ1n) is 7.31. The fourth-order valence-electron chi connectivity index (χ4n) is 2.23. The molecule has 2 aromatic heterocycles. The van der Waals surface area contributed by atoms with E-state index >= 15 is 0 Å². The van der Waals surface area contributed by atoms with Crippen LogP contribution < -0.4 is 5.14 Å². The van der Waals surface area contributed by atoms with Crippen molar-refractivity contribution in [3.8, 4) is 16.3 Å². The number of primary sulfonamides is 1. The number of benzene rings is 1. The van der Waals surface area contributed by atoms with Crippen molar-refractivity contribution >= 4 is 21.4 Å². The SMILES string of the molecule is CC(C)(C)c1ccc(-n2cc(-c3ccc(S(N)(=O)=O)s3)nn2)cc1. The first-order chi connectivity index (χ1) is 11.1. The van der Waals surface area contributed by atoms with Crippen LogP contribution in [0.4, 0.5) is 0 Å². The number of hydrogen-bond acceptors (Lipinski definition) is 5. The van der Waals surface area contributed by atoms with Gasteiger partial charge in [-0.15, -0.1) is 16.4 Å². The van der Waals surface area contributed by atoms with E-state index in [0.717, 1.165) is 17.0 Å². The van der Waals surface area contributed by atoms with Gasteiger partial charge in [-0.25, -0.2) is 18.2 Å². The van der Waals surface area contributed by atoms with Crippen LogP contribution in [-0.2, 0) is 15.4 Å². The fraction of sp³-hybridized carbons (Fsp3) is 0.250. The van der Waals surface area contributed by atoms with Gasteiger partial charge in [0.25, 0.3) is 0 Å². The zero-order valence-corrected chi connectivity index (χ0v) is 15.2. The molecule has 0 amide bonds. The number of nitrogens with zero attached hydrogens (tertiary/aromatic N) is 3. The summed E-state index contributed by atoms with van der Waals surface area (Å²) in [4.78, 5) is 0.705. The van der Waals surface area contributed by atoms with Gasteiger partial charge in [0.2, 0.25) is 10.0 Å². The second-order valence-corrected chi connectivity index (χ2v) is 9.38. The number of rotatable bonds is 3. The van der Waals surface area contributed by atoms with Gasteiger partial charge >= 0.3 is 0 Å². The van der Waals surface area contributed by atoms with Crippen LogP contribution >= 0.6 is 11.3 Å². The zero-order valence-electron chi connectivity index (χ0n) is 13.6. The van der Waals surface area contributed by atoms with Crippen LogP contribution in [-0.4, -0.2) is 23.4 Å². The van der Waals surface area contributed by atoms with Gasteiger partial charge in [-0.3, -0.25) is 0 Å². The van der Waals surface area contributed by atoms with Crippen LogP contribution in [0.2, 0.25) is 0 Å². The van der Waals surface area contributed by atoms with E-state index in [1.165, 1.54) is 11.6 Å². The maximum absolute atomic E-state index is 11.4. The number of nitrogens with two attached hydrogens (primary N) is 1. The highest BCUT2D eigenvalue weighted by atomic mass is 32.2. The smallest absolute Gasteiger partial charge is 0.224 e. The number of hydrogen-bond donors (Lipinski definition) is 1. The van der Waals surface area contributed by atoms with Gasteiger partial charge in [0.05, 0.1) is 16.8 Å². The van der Waals surface area contributed by atoms with Crippen LogP contribution in [0.5, 0.6) is 0 Å². The summed E-state index contributed by atoms with van der Waals surface area (Å²) in [5.41, 5.74) is 2.83. The molecular formula is C16H18N4O2S2. The van der Waals surface area contributed by atoms with Gasteiger partial charge in [0.1, 0.15) is 9.90 Å². The molecule has 0 atom stereocenters. The molecule has 0 radical (unpaired) electrons. The Morgan fingerprint density at radius 3 is 2.29 bits per heavy atom. The molecule has 3 aromatic rings. The standard InChI is InChI=1S/C16H18N4O2S2/c1-16(2,3)11-4-6-12(7-5-11)20-10-13(18-19-20)14-8-9-15(23-14)24(17,21)22/h4-10H,1-3H3,(H2,17,21,22). The Bertz CT molecular complexity index is 964. The van der Waals surface area contributed by atoms with Crippen molar-refractivity contribution in [3.05, 3.63) is 48.2 Å². The molecule has 126 valence electrons. The summed E-state index contributed by atoms with van der Waals surface area (Å²) in [6.45, 7) is 6.49. The highest BCUT2D eigenvalue weighted by Gasteiger charge is 2.15. The van der Waals surface area contributed by atoms with Crippen molar-refractivity contribution in [1.29, 1.82) is 0 Å². The van der Waals surface area contributed by atoms with Gasteiger partial charge in [0.15, 0.2) is 0 Å². The molecule has 0 aliphatic rings. The first kappa shape index (κ1) is 16.8. The Kier molecular flexibility index (Phi) is 4.06. The van der Waals surface area contributed by atoms with Crippen molar-refractivity contribution < 1.29 is 8.42 Å². The highest BCUT2D eigenvalue weighted by Crippen LogP contribution is 2.29. The monoisotopic (exact) mass is 362 g/mol. The minimum Gasteiger partial charge on any atom is -0.224 e. The topological polar surface area (TPSA) is 90.9 Å². The summed E-state index contributed by atoms with van der Waals surface area (Å²) >= 11 is 1.08. The highest BCUT2D eigenvalue weighted by molar-refractivity contribution is 7.91. The molecule has 0 saturated carbocycles. The molecule has 0 unspecified atom stereocenters. The minimum absolute atomic E-state index is 0.0904. The lowest BCUT2D eigenvalue weighted by molar-refractivity contribution is 0.590. The van der Waals surface area contributed by atoms with E-state index in [-0.39, 0.29) is 9.62 Å². The molecule has 0 fully saturated rings. The van der Waals surface area contributed by atoms with Gasteiger partial charge in [-0.05, 0) is 35.2 Å². The molecule has 6 nitrogen and oxygen atoms in total. The van der Waals surface area contributed by atoms with Crippen molar-refractivity contribution in [2.75, 3.05) is 0 Å². The van der Waals surface area contributed by atoms with Crippen LogP contribution in [0, 0.1) is 0 Å². The Hall–Kier alpha value is -2.03. The van der Waals surface area contributed by atoms with Crippen LogP contribution in [0.15, 0.2) is 46.8 Å². The lowest BCUT2D eigenvalue weighted by atomic mass is 9.87. The van der Waals surface area contributed by atoms with E-state index in [1.807, 2.05) is 12.1 Å².